The molecule has 0 aliphatic carbocycles. The number of carbonyl (C=O) groups is 2. The van der Waals surface area contributed by atoms with Crippen molar-refractivity contribution < 1.29 is 38.4 Å². The van der Waals surface area contributed by atoms with E-state index in [9.17, 15) is 14.7 Å². The molecule has 0 unspecified atom stereocenters. The number of nitrogens with zero attached hydrogens (tertiary/aromatic N) is 2. The molecule has 1 N–H and O–H groups in total. The first-order chi connectivity index (χ1) is 18.8. The van der Waals surface area contributed by atoms with E-state index in [1.807, 2.05) is 0 Å². The predicted molar refractivity (Wildman–Crippen MR) is 146 cm³/mol. The number of ether oxygens (including phenoxy) is 5. The largest absolute Gasteiger partial charge is 0.493 e. The molecule has 39 heavy (non-hydrogen) atoms. The number of allylic oxidation sites excluding steroid dienone is 1. The number of aromatic nitrogens is 2. The predicted octanol–water partition coefficient (Wildman–Crippen LogP) is 4.70. The van der Waals surface area contributed by atoms with Gasteiger partial charge in [0.05, 0.1) is 52.9 Å². The van der Waals surface area contributed by atoms with E-state index in [1.165, 1.54) is 41.6 Å². The summed E-state index contributed by atoms with van der Waals surface area (Å²) >= 11 is 1.02. The van der Waals surface area contributed by atoms with Gasteiger partial charge in [0.1, 0.15) is 11.0 Å². The zero-order valence-corrected chi connectivity index (χ0v) is 22.8. The summed E-state index contributed by atoms with van der Waals surface area (Å²) < 4.78 is 35.4. The highest BCUT2D eigenvalue weighted by Crippen LogP contribution is 2.40. The molecule has 0 atom stereocenters. The van der Waals surface area contributed by atoms with Crippen molar-refractivity contribution in [3.8, 4) is 28.7 Å². The van der Waals surface area contributed by atoms with Crippen molar-refractivity contribution in [1.29, 1.82) is 0 Å². The zero-order valence-electron chi connectivity index (χ0n) is 21.9. The van der Waals surface area contributed by atoms with Gasteiger partial charge < -0.3 is 28.8 Å². The van der Waals surface area contributed by atoms with Crippen molar-refractivity contribution in [3.05, 3.63) is 70.8 Å². The Morgan fingerprint density at radius 1 is 0.718 bits per heavy atom. The van der Waals surface area contributed by atoms with Crippen LogP contribution in [-0.4, -0.2) is 61.2 Å². The molecule has 0 aliphatic rings. The van der Waals surface area contributed by atoms with Gasteiger partial charge in [-0.1, -0.05) is 6.07 Å². The Hall–Kier alpha value is -4.64. The van der Waals surface area contributed by atoms with Crippen molar-refractivity contribution in [2.45, 2.75) is 6.42 Å². The summed E-state index contributed by atoms with van der Waals surface area (Å²) in [5, 5.41) is 10.4. The van der Waals surface area contributed by atoms with Gasteiger partial charge in [-0.15, -0.1) is 0 Å². The number of benzene rings is 3. The van der Waals surface area contributed by atoms with Gasteiger partial charge in [-0.05, 0) is 53.6 Å². The van der Waals surface area contributed by atoms with Crippen LogP contribution in [0.1, 0.15) is 21.5 Å². The van der Waals surface area contributed by atoms with Gasteiger partial charge in [-0.2, -0.15) is 8.75 Å². The number of hydrogen-bond donors (Lipinski definition) is 1. The number of methoxy groups -OCH3 is 5. The van der Waals surface area contributed by atoms with E-state index >= 15 is 0 Å². The summed E-state index contributed by atoms with van der Waals surface area (Å²) in [4.78, 5) is 26.8. The van der Waals surface area contributed by atoms with E-state index in [0.29, 0.717) is 50.9 Å². The summed E-state index contributed by atoms with van der Waals surface area (Å²) in [7, 11) is 7.39. The van der Waals surface area contributed by atoms with Crippen LogP contribution in [0.15, 0.2) is 54.1 Å². The van der Waals surface area contributed by atoms with E-state index in [4.69, 9.17) is 23.7 Å². The second-order valence-corrected chi connectivity index (χ2v) is 8.76. The second kappa shape index (κ2) is 11.8. The Labute approximate surface area is 228 Å². The highest BCUT2D eigenvalue weighted by molar-refractivity contribution is 7.00. The monoisotopic (exact) mass is 550 g/mol. The summed E-state index contributed by atoms with van der Waals surface area (Å²) in [6.45, 7) is 0. The molecule has 11 heteroatoms. The molecule has 3 aromatic carbocycles. The fourth-order valence-corrected chi connectivity index (χ4v) is 4.76. The smallest absolute Gasteiger partial charge is 0.336 e. The molecule has 1 aromatic heterocycles. The molecule has 10 nitrogen and oxygen atoms in total. The molecule has 0 spiro atoms. The van der Waals surface area contributed by atoms with Gasteiger partial charge in [-0.3, -0.25) is 4.79 Å². The van der Waals surface area contributed by atoms with E-state index in [1.54, 1.807) is 42.5 Å². The fourth-order valence-electron chi connectivity index (χ4n) is 4.24. The first kappa shape index (κ1) is 27.4. The van der Waals surface area contributed by atoms with Gasteiger partial charge in [-0.25, -0.2) is 4.79 Å². The summed E-state index contributed by atoms with van der Waals surface area (Å²) in [6, 6.07) is 12.9. The number of rotatable bonds is 11. The third kappa shape index (κ3) is 5.48. The maximum absolute atomic E-state index is 14.1. The van der Waals surface area contributed by atoms with Crippen LogP contribution in [0.3, 0.4) is 0 Å². The summed E-state index contributed by atoms with van der Waals surface area (Å²) in [5.41, 5.74) is 2.14. The molecule has 0 radical (unpaired) electrons. The Kier molecular flexibility index (Phi) is 8.30. The van der Waals surface area contributed by atoms with E-state index in [-0.39, 0.29) is 23.1 Å². The van der Waals surface area contributed by atoms with Crippen LogP contribution < -0.4 is 23.7 Å². The highest BCUT2D eigenvalue weighted by atomic mass is 32.1. The molecule has 0 saturated heterocycles. The minimum atomic E-state index is -1.27. The lowest BCUT2D eigenvalue weighted by Crippen LogP contribution is -2.14. The Morgan fingerprint density at radius 2 is 1.33 bits per heavy atom. The van der Waals surface area contributed by atoms with E-state index in [2.05, 4.69) is 8.75 Å². The maximum atomic E-state index is 14.1. The topological polar surface area (TPSA) is 126 Å². The number of carbonyl (C=O) groups excluding carboxylic acids is 1. The molecule has 4 aromatic rings. The van der Waals surface area contributed by atoms with Gasteiger partial charge in [0.25, 0.3) is 0 Å². The van der Waals surface area contributed by atoms with Gasteiger partial charge >= 0.3 is 5.97 Å². The summed E-state index contributed by atoms with van der Waals surface area (Å²) in [6.07, 6.45) is -0.0567. The number of aliphatic carboxylic acids is 1. The summed E-state index contributed by atoms with van der Waals surface area (Å²) in [5.74, 6) is 0.118. The standard InChI is InChI=1S/C28H26N2O8S/c1-34-21-9-7-17(14-22(21)35-2)26(31)18(10-15-11-23(36-3)27(38-5)24(12-15)37-4)25(28(32)33)16-6-8-19-20(13-16)30-39-29-19/h6-9,11-14H,10H2,1-5H3,(H,32,33)/b25-18+. The van der Waals surface area contributed by atoms with Crippen LogP contribution >= 0.6 is 11.7 Å². The van der Waals surface area contributed by atoms with Gasteiger partial charge in [0, 0.05) is 17.6 Å². The quantitative estimate of drug-likeness (QED) is 0.207. The first-order valence-corrected chi connectivity index (χ1v) is 12.3. The Balaban J connectivity index is 1.95. The van der Waals surface area contributed by atoms with Crippen molar-refractivity contribution in [2.75, 3.05) is 35.5 Å². The van der Waals surface area contributed by atoms with Crippen molar-refractivity contribution in [1.82, 2.24) is 8.75 Å². The van der Waals surface area contributed by atoms with Crippen molar-refractivity contribution in [2.24, 2.45) is 0 Å². The van der Waals surface area contributed by atoms with Crippen molar-refractivity contribution in [3.63, 3.8) is 0 Å². The Bertz CT molecular complexity index is 1550. The first-order valence-electron chi connectivity index (χ1n) is 11.6. The van der Waals surface area contributed by atoms with Crippen LogP contribution in [0.4, 0.5) is 0 Å². The highest BCUT2D eigenvalue weighted by Gasteiger charge is 2.26. The molecular weight excluding hydrogens is 524 g/mol. The van der Waals surface area contributed by atoms with Crippen LogP contribution in [0.25, 0.3) is 16.6 Å². The normalized spacial score (nSPS) is 11.5. The third-order valence-corrected chi connectivity index (χ3v) is 6.64. The molecule has 4 rings (SSSR count). The number of ketones is 1. The molecule has 1 heterocycles. The number of fused-ring (bicyclic) bond motifs is 1. The molecule has 0 fully saturated rings. The van der Waals surface area contributed by atoms with Crippen molar-refractivity contribution >= 4 is 40.1 Å². The molecular formula is C28H26N2O8S. The fraction of sp³-hybridized carbons (Fsp3) is 0.214. The number of hydrogen-bond acceptors (Lipinski definition) is 10. The second-order valence-electron chi connectivity index (χ2n) is 8.24. The lowest BCUT2D eigenvalue weighted by molar-refractivity contribution is -0.130. The SMILES string of the molecule is COc1ccc(C(=O)/C(Cc2cc(OC)c(OC)c(OC)c2)=C(/C(=O)O)c2ccc3nsnc3c2)cc1OC. The third-order valence-electron chi connectivity index (χ3n) is 6.08. The minimum Gasteiger partial charge on any atom is -0.493 e. The minimum absolute atomic E-state index is 0.0338. The number of carboxylic acid groups (broad SMARTS) is 1. The molecule has 0 amide bonds. The van der Waals surface area contributed by atoms with Crippen LogP contribution in [0.5, 0.6) is 28.7 Å². The Morgan fingerprint density at radius 3 is 1.92 bits per heavy atom. The molecule has 0 saturated carbocycles. The average molecular weight is 551 g/mol. The van der Waals surface area contributed by atoms with Crippen LogP contribution in [0, 0.1) is 0 Å². The average Bonchev–Trinajstić information content (AvgIpc) is 3.43. The molecule has 0 bridgehead atoms. The zero-order chi connectivity index (χ0) is 28.1. The molecule has 202 valence electrons. The maximum Gasteiger partial charge on any atom is 0.336 e. The van der Waals surface area contributed by atoms with Crippen LogP contribution in [-0.2, 0) is 11.2 Å². The van der Waals surface area contributed by atoms with E-state index < -0.39 is 11.8 Å². The number of carboxylic acids is 1. The van der Waals surface area contributed by atoms with E-state index in [0.717, 1.165) is 11.7 Å². The molecule has 0 aliphatic heterocycles. The number of Topliss-reactive ketones (excluding diaryl/α,β-unsaturated/α-hetero) is 1. The van der Waals surface area contributed by atoms with Gasteiger partial charge in [0.15, 0.2) is 28.8 Å². The lowest BCUT2D eigenvalue weighted by atomic mass is 9.89. The lowest BCUT2D eigenvalue weighted by Gasteiger charge is -2.17. The van der Waals surface area contributed by atoms with Crippen LogP contribution in [0.2, 0.25) is 0 Å². The van der Waals surface area contributed by atoms with Gasteiger partial charge in [0.2, 0.25) is 5.75 Å².